The summed E-state index contributed by atoms with van der Waals surface area (Å²) in [7, 11) is 0. The van der Waals surface area contributed by atoms with E-state index in [1.165, 1.54) is 44.1 Å². The molecule has 1 aliphatic heterocycles. The summed E-state index contributed by atoms with van der Waals surface area (Å²) in [6.07, 6.45) is 21.1. The molecule has 3 aromatic rings. The third kappa shape index (κ3) is 22.9. The summed E-state index contributed by atoms with van der Waals surface area (Å²) in [5.74, 6) is 2.11. The van der Waals surface area contributed by atoms with Crippen molar-refractivity contribution in [3.05, 3.63) is 83.4 Å². The normalized spacial score (nSPS) is 16.7. The second kappa shape index (κ2) is 34.3. The first-order valence-electron chi connectivity index (χ1n) is 27.0. The van der Waals surface area contributed by atoms with E-state index in [-0.39, 0.29) is 19.1 Å². The molecule has 0 amide bonds. The molecule has 0 bridgehead atoms. The fourth-order valence-electron chi connectivity index (χ4n) is 8.97. The number of ether oxygens (including phenoxy) is 9. The van der Waals surface area contributed by atoms with Crippen LogP contribution in [0.25, 0.3) is 0 Å². The molecule has 1 heterocycles. The molecule has 1 saturated carbocycles. The summed E-state index contributed by atoms with van der Waals surface area (Å²) in [5.41, 5.74) is 2.15. The summed E-state index contributed by atoms with van der Waals surface area (Å²) >= 11 is 0. The van der Waals surface area contributed by atoms with Crippen molar-refractivity contribution in [2.24, 2.45) is 5.92 Å². The van der Waals surface area contributed by atoms with Crippen LogP contribution < -0.4 is 18.9 Å². The number of benzene rings is 3. The topological polar surface area (TPSA) is 151 Å². The van der Waals surface area contributed by atoms with Crippen LogP contribution in [0.1, 0.15) is 194 Å². The number of esters is 4. The van der Waals surface area contributed by atoms with Gasteiger partial charge in [0.15, 0.2) is 6.29 Å². The fourth-order valence-corrected chi connectivity index (χ4v) is 8.97. The highest BCUT2D eigenvalue weighted by Crippen LogP contribution is 2.38. The number of unbranched alkanes of at least 4 members (excludes halogenated alkanes) is 9. The molecule has 2 aliphatic rings. The van der Waals surface area contributed by atoms with Gasteiger partial charge in [0.2, 0.25) is 0 Å². The SMILES string of the molecule is CCCC1CCC(c2ccc(OC(=O)c3ccc(OCCCCCCOC(=O)CCC(=O)OCCCCCCOc4ccc(OCC)c(C(=O)OCCCCCCOC5CCCCO5)c4)cc3)cc2)CC1. The van der Waals surface area contributed by atoms with Gasteiger partial charge in [-0.3, -0.25) is 9.59 Å². The number of hydrogen-bond acceptors (Lipinski definition) is 13. The van der Waals surface area contributed by atoms with E-state index in [0.717, 1.165) is 102 Å². The molecule has 71 heavy (non-hydrogen) atoms. The van der Waals surface area contributed by atoms with Crippen molar-refractivity contribution in [3.8, 4) is 23.0 Å². The van der Waals surface area contributed by atoms with Crippen LogP contribution in [-0.2, 0) is 33.3 Å². The van der Waals surface area contributed by atoms with Crippen LogP contribution in [-0.4, -0.2) is 83.0 Å². The zero-order valence-corrected chi connectivity index (χ0v) is 42.8. The zero-order chi connectivity index (χ0) is 50.1. The minimum atomic E-state index is -0.429. The van der Waals surface area contributed by atoms with Crippen molar-refractivity contribution in [2.75, 3.05) is 52.9 Å². The Bertz CT molecular complexity index is 1950. The molecule has 0 aromatic heterocycles. The fraction of sp³-hybridized carbons (Fsp3) is 0.621. The minimum absolute atomic E-state index is 0.00809. The molecular formula is C58H82O13. The molecular weight excluding hydrogens is 905 g/mol. The Morgan fingerprint density at radius 3 is 1.69 bits per heavy atom. The first-order valence-corrected chi connectivity index (χ1v) is 27.0. The summed E-state index contributed by atoms with van der Waals surface area (Å²) in [6.45, 7) is 7.98. The van der Waals surface area contributed by atoms with Gasteiger partial charge < -0.3 is 42.6 Å². The second-order valence-electron chi connectivity index (χ2n) is 18.8. The Labute approximate surface area is 423 Å². The zero-order valence-electron chi connectivity index (χ0n) is 42.8. The Hall–Kier alpha value is -5.14. The molecule has 13 nitrogen and oxygen atoms in total. The quantitative estimate of drug-likeness (QED) is 0.0238. The van der Waals surface area contributed by atoms with Crippen LogP contribution in [0, 0.1) is 5.92 Å². The lowest BCUT2D eigenvalue weighted by molar-refractivity contribution is -0.162. The minimum Gasteiger partial charge on any atom is -0.494 e. The van der Waals surface area contributed by atoms with E-state index in [1.54, 1.807) is 42.5 Å². The maximum absolute atomic E-state index is 12.9. The van der Waals surface area contributed by atoms with Crippen molar-refractivity contribution in [1.29, 1.82) is 0 Å². The van der Waals surface area contributed by atoms with Crippen LogP contribution in [0.2, 0.25) is 0 Å². The van der Waals surface area contributed by atoms with Crippen LogP contribution in [0.3, 0.4) is 0 Å². The van der Waals surface area contributed by atoms with E-state index in [4.69, 9.17) is 42.6 Å². The maximum Gasteiger partial charge on any atom is 0.343 e. The number of rotatable bonds is 35. The van der Waals surface area contributed by atoms with E-state index >= 15 is 0 Å². The van der Waals surface area contributed by atoms with Gasteiger partial charge in [0.05, 0.1) is 58.0 Å². The van der Waals surface area contributed by atoms with Crippen molar-refractivity contribution in [1.82, 2.24) is 0 Å². The molecule has 1 atom stereocenters. The number of carbonyl (C=O) groups excluding carboxylic acids is 4. The standard InChI is InChI=1S/C58H82O13/c1-3-19-45-21-23-46(24-22-45)47-25-31-50(32-26-47)71-57(61)48-27-29-49(30-28-48)64-37-12-5-7-14-39-66-54(59)35-36-55(60)67-40-15-8-6-13-38-65-51-33-34-53(63-4-2)52(44-51)58(62)70-43-17-10-9-16-41-68-56-20-11-18-42-69-56/h25-34,44-46,56H,3-24,35-43H2,1-2H3. The molecule has 3 aromatic carbocycles. The van der Waals surface area contributed by atoms with Crippen LogP contribution >= 0.6 is 0 Å². The average Bonchev–Trinajstić information content (AvgIpc) is 3.39. The molecule has 0 radical (unpaired) electrons. The van der Waals surface area contributed by atoms with E-state index in [2.05, 4.69) is 19.1 Å². The lowest BCUT2D eigenvalue weighted by atomic mass is 9.77. The Kier molecular flexibility index (Phi) is 27.4. The molecule has 13 heteroatoms. The third-order valence-corrected chi connectivity index (χ3v) is 13.1. The summed E-state index contributed by atoms with van der Waals surface area (Å²) in [6, 6.07) is 20.2. The van der Waals surface area contributed by atoms with Crippen molar-refractivity contribution >= 4 is 23.9 Å². The van der Waals surface area contributed by atoms with Crippen molar-refractivity contribution in [3.63, 3.8) is 0 Å². The van der Waals surface area contributed by atoms with Gasteiger partial charge in [0, 0.05) is 13.2 Å². The van der Waals surface area contributed by atoms with Gasteiger partial charge in [-0.1, -0.05) is 38.3 Å². The van der Waals surface area contributed by atoms with E-state index in [1.807, 2.05) is 19.1 Å². The Balaban J connectivity index is 0.805. The highest BCUT2D eigenvalue weighted by molar-refractivity contribution is 5.93. The smallest absolute Gasteiger partial charge is 0.343 e. The molecule has 1 saturated heterocycles. The van der Waals surface area contributed by atoms with Gasteiger partial charge in [0.25, 0.3) is 0 Å². The first kappa shape index (κ1) is 56.8. The van der Waals surface area contributed by atoms with Gasteiger partial charge in [-0.05, 0) is 194 Å². The van der Waals surface area contributed by atoms with E-state index in [0.29, 0.717) is 92.7 Å². The summed E-state index contributed by atoms with van der Waals surface area (Å²) in [4.78, 5) is 50.1. The molecule has 1 aliphatic carbocycles. The molecule has 0 N–H and O–H groups in total. The maximum atomic E-state index is 12.9. The summed E-state index contributed by atoms with van der Waals surface area (Å²) in [5, 5.41) is 0. The molecule has 392 valence electrons. The largest absolute Gasteiger partial charge is 0.494 e. The van der Waals surface area contributed by atoms with Gasteiger partial charge in [0.1, 0.15) is 28.6 Å². The number of carbonyl (C=O) groups is 4. The van der Waals surface area contributed by atoms with Gasteiger partial charge in [-0.25, -0.2) is 9.59 Å². The van der Waals surface area contributed by atoms with Crippen LogP contribution in [0.15, 0.2) is 66.7 Å². The van der Waals surface area contributed by atoms with E-state index < -0.39 is 23.9 Å². The third-order valence-electron chi connectivity index (χ3n) is 13.1. The Morgan fingerprint density at radius 2 is 1.10 bits per heavy atom. The summed E-state index contributed by atoms with van der Waals surface area (Å²) < 4.78 is 50.7. The first-order chi connectivity index (χ1) is 34.8. The predicted octanol–water partition coefficient (Wildman–Crippen LogP) is 13.1. The van der Waals surface area contributed by atoms with Crippen LogP contribution in [0.5, 0.6) is 23.0 Å². The van der Waals surface area contributed by atoms with Gasteiger partial charge in [-0.2, -0.15) is 0 Å². The lowest BCUT2D eigenvalue weighted by Crippen LogP contribution is -2.22. The van der Waals surface area contributed by atoms with Gasteiger partial charge in [-0.15, -0.1) is 0 Å². The monoisotopic (exact) mass is 987 g/mol. The average molecular weight is 987 g/mol. The lowest BCUT2D eigenvalue weighted by Gasteiger charge is -2.28. The van der Waals surface area contributed by atoms with Crippen LogP contribution in [0.4, 0.5) is 0 Å². The van der Waals surface area contributed by atoms with Crippen molar-refractivity contribution in [2.45, 2.75) is 174 Å². The van der Waals surface area contributed by atoms with Crippen molar-refractivity contribution < 1.29 is 61.8 Å². The van der Waals surface area contributed by atoms with E-state index in [9.17, 15) is 19.2 Å². The molecule has 2 fully saturated rings. The number of hydrogen-bond donors (Lipinski definition) is 0. The molecule has 5 rings (SSSR count). The highest BCUT2D eigenvalue weighted by atomic mass is 16.7. The van der Waals surface area contributed by atoms with Gasteiger partial charge >= 0.3 is 23.9 Å². The molecule has 0 spiro atoms. The Morgan fingerprint density at radius 1 is 0.535 bits per heavy atom. The highest BCUT2D eigenvalue weighted by Gasteiger charge is 2.22. The molecule has 1 unspecified atom stereocenters. The second-order valence-corrected chi connectivity index (χ2v) is 18.8. The predicted molar refractivity (Wildman–Crippen MR) is 272 cm³/mol.